The van der Waals surface area contributed by atoms with Crippen LogP contribution in [0.15, 0.2) is 42.6 Å². The van der Waals surface area contributed by atoms with Crippen LogP contribution in [0.1, 0.15) is 41.1 Å². The molecule has 3 aromatic rings. The normalized spacial score (nSPS) is 21.5. The molecule has 0 fully saturated rings. The van der Waals surface area contributed by atoms with Gasteiger partial charge in [-0.05, 0) is 31.9 Å². The average Bonchev–Trinajstić information content (AvgIpc) is 3.01. The van der Waals surface area contributed by atoms with Crippen molar-refractivity contribution in [3.05, 3.63) is 65.1 Å². The van der Waals surface area contributed by atoms with Gasteiger partial charge in [0.25, 0.3) is 0 Å². The molecule has 1 aliphatic rings. The minimum absolute atomic E-state index is 0.172. The number of nitrogens with one attached hydrogen (secondary N) is 1. The molecule has 1 aromatic carbocycles. The number of anilines is 1. The topological polar surface area (TPSA) is 68.0 Å². The maximum atomic E-state index is 11.2. The average molecular weight is 381 g/mol. The van der Waals surface area contributed by atoms with Gasteiger partial charge in [0.05, 0.1) is 17.4 Å². The summed E-state index contributed by atoms with van der Waals surface area (Å²) in [5.41, 5.74) is 5.69. The third-order valence-electron chi connectivity index (χ3n) is 5.52. The molecular weight excluding hydrogens is 354 g/mol. The molecule has 3 atom stereocenters. The maximum absolute atomic E-state index is 11.2. The third kappa shape index (κ3) is 3.28. The van der Waals surface area contributed by atoms with E-state index in [4.69, 9.17) is 14.5 Å². The molecule has 2 aromatic heterocycles. The predicted molar refractivity (Wildman–Crippen MR) is 109 cm³/mol. The van der Waals surface area contributed by atoms with Crippen molar-refractivity contribution in [3.8, 4) is 0 Å². The van der Waals surface area contributed by atoms with E-state index in [1.54, 1.807) is 7.11 Å². The Balaban J connectivity index is 1.75. The SMILES string of the molecule is COCCCO[C@H]1[C@H](O)c2ccn3c(C)c(C)nc3c2N[C@@H]1c1ccccc1. The number of rotatable bonds is 6. The van der Waals surface area contributed by atoms with Crippen LogP contribution in [-0.4, -0.2) is 40.9 Å². The molecule has 2 N–H and O–H groups in total. The first-order valence-electron chi connectivity index (χ1n) is 9.70. The molecule has 6 heteroatoms. The van der Waals surface area contributed by atoms with Crippen molar-refractivity contribution in [2.75, 3.05) is 25.6 Å². The minimum Gasteiger partial charge on any atom is -0.386 e. The number of hydrogen-bond acceptors (Lipinski definition) is 5. The molecule has 0 aliphatic carbocycles. The molecule has 1 aliphatic heterocycles. The summed E-state index contributed by atoms with van der Waals surface area (Å²) < 4.78 is 13.3. The molecular formula is C22H27N3O3. The second-order valence-electron chi connectivity index (χ2n) is 7.28. The summed E-state index contributed by atoms with van der Waals surface area (Å²) in [4.78, 5) is 4.73. The number of benzene rings is 1. The summed E-state index contributed by atoms with van der Waals surface area (Å²) in [6.07, 6.45) is 1.61. The maximum Gasteiger partial charge on any atom is 0.161 e. The van der Waals surface area contributed by atoms with Crippen LogP contribution in [-0.2, 0) is 9.47 Å². The fourth-order valence-electron chi connectivity index (χ4n) is 3.89. The number of pyridine rings is 1. The lowest BCUT2D eigenvalue weighted by molar-refractivity contribution is -0.0566. The summed E-state index contributed by atoms with van der Waals surface area (Å²) in [5.74, 6) is 0. The Morgan fingerprint density at radius 3 is 2.68 bits per heavy atom. The fraction of sp³-hybridized carbons (Fsp3) is 0.409. The molecule has 0 bridgehead atoms. The zero-order chi connectivity index (χ0) is 19.7. The van der Waals surface area contributed by atoms with Gasteiger partial charge in [-0.25, -0.2) is 4.98 Å². The van der Waals surface area contributed by atoms with Crippen molar-refractivity contribution in [1.29, 1.82) is 0 Å². The summed E-state index contributed by atoms with van der Waals surface area (Å²) in [6, 6.07) is 11.9. The number of ether oxygens (including phenoxy) is 2. The number of aliphatic hydroxyl groups excluding tert-OH is 1. The van der Waals surface area contributed by atoms with Crippen LogP contribution in [0.25, 0.3) is 5.65 Å². The lowest BCUT2D eigenvalue weighted by Gasteiger charge is -2.38. The Morgan fingerprint density at radius 1 is 1.14 bits per heavy atom. The summed E-state index contributed by atoms with van der Waals surface area (Å²) >= 11 is 0. The largest absolute Gasteiger partial charge is 0.386 e. The van der Waals surface area contributed by atoms with Crippen molar-refractivity contribution in [2.24, 2.45) is 0 Å². The summed E-state index contributed by atoms with van der Waals surface area (Å²) in [6.45, 7) is 5.22. The lowest BCUT2D eigenvalue weighted by Crippen LogP contribution is -2.38. The summed E-state index contributed by atoms with van der Waals surface area (Å²) in [5, 5.41) is 14.8. The number of aliphatic hydroxyl groups is 1. The Morgan fingerprint density at radius 2 is 1.93 bits per heavy atom. The fourth-order valence-corrected chi connectivity index (χ4v) is 3.89. The number of hydrogen-bond donors (Lipinski definition) is 2. The number of methoxy groups -OCH3 is 1. The highest BCUT2D eigenvalue weighted by Crippen LogP contribution is 2.42. The number of fused-ring (bicyclic) bond motifs is 3. The van der Waals surface area contributed by atoms with E-state index < -0.39 is 12.2 Å². The molecule has 0 saturated carbocycles. The Hall–Kier alpha value is -2.41. The van der Waals surface area contributed by atoms with E-state index in [0.717, 1.165) is 40.3 Å². The predicted octanol–water partition coefficient (Wildman–Crippen LogP) is 3.57. The Labute approximate surface area is 165 Å². The molecule has 0 radical (unpaired) electrons. The molecule has 148 valence electrons. The molecule has 6 nitrogen and oxygen atoms in total. The van der Waals surface area contributed by atoms with Crippen molar-refractivity contribution < 1.29 is 14.6 Å². The van der Waals surface area contributed by atoms with Crippen LogP contribution in [0.2, 0.25) is 0 Å². The highest BCUT2D eigenvalue weighted by atomic mass is 16.5. The minimum atomic E-state index is -0.744. The lowest BCUT2D eigenvalue weighted by atomic mass is 9.89. The van der Waals surface area contributed by atoms with Crippen molar-refractivity contribution in [3.63, 3.8) is 0 Å². The van der Waals surface area contributed by atoms with E-state index in [0.29, 0.717) is 13.2 Å². The monoisotopic (exact) mass is 381 g/mol. The van der Waals surface area contributed by atoms with Gasteiger partial charge < -0.3 is 24.3 Å². The molecule has 28 heavy (non-hydrogen) atoms. The number of imidazole rings is 1. The first-order valence-corrected chi connectivity index (χ1v) is 9.70. The molecule has 0 amide bonds. The molecule has 0 saturated heterocycles. The van der Waals surface area contributed by atoms with Gasteiger partial charge in [0.15, 0.2) is 5.65 Å². The van der Waals surface area contributed by atoms with E-state index in [9.17, 15) is 5.11 Å². The van der Waals surface area contributed by atoms with Gasteiger partial charge in [-0.3, -0.25) is 0 Å². The smallest absolute Gasteiger partial charge is 0.161 e. The summed E-state index contributed by atoms with van der Waals surface area (Å²) in [7, 11) is 1.68. The van der Waals surface area contributed by atoms with Crippen molar-refractivity contribution in [1.82, 2.24) is 9.38 Å². The highest BCUT2D eigenvalue weighted by molar-refractivity contribution is 5.75. The van der Waals surface area contributed by atoms with Crippen LogP contribution in [0.5, 0.6) is 0 Å². The first kappa shape index (κ1) is 18.9. The molecule has 3 heterocycles. The molecule has 0 unspecified atom stereocenters. The second-order valence-corrected chi connectivity index (χ2v) is 7.28. The van der Waals surface area contributed by atoms with Crippen molar-refractivity contribution in [2.45, 2.75) is 38.5 Å². The quantitative estimate of drug-likeness (QED) is 0.639. The number of aromatic nitrogens is 2. The van der Waals surface area contributed by atoms with Crippen LogP contribution < -0.4 is 5.32 Å². The van der Waals surface area contributed by atoms with E-state index in [1.165, 1.54) is 0 Å². The zero-order valence-corrected chi connectivity index (χ0v) is 16.6. The third-order valence-corrected chi connectivity index (χ3v) is 5.52. The van der Waals surface area contributed by atoms with Crippen molar-refractivity contribution >= 4 is 11.3 Å². The van der Waals surface area contributed by atoms with Gasteiger partial charge in [-0.15, -0.1) is 0 Å². The van der Waals surface area contributed by atoms with Gasteiger partial charge in [0.2, 0.25) is 0 Å². The van der Waals surface area contributed by atoms with Crippen LogP contribution >= 0.6 is 0 Å². The Kier molecular flexibility index (Phi) is 5.35. The number of aryl methyl sites for hydroxylation is 2. The molecule has 4 rings (SSSR count). The van der Waals surface area contributed by atoms with Gasteiger partial charge in [-0.1, -0.05) is 30.3 Å². The van der Waals surface area contributed by atoms with E-state index in [-0.39, 0.29) is 6.04 Å². The van der Waals surface area contributed by atoms with Gasteiger partial charge in [0, 0.05) is 37.8 Å². The number of nitrogens with zero attached hydrogens (tertiary/aromatic N) is 2. The van der Waals surface area contributed by atoms with Gasteiger partial charge in [-0.2, -0.15) is 0 Å². The van der Waals surface area contributed by atoms with Crippen LogP contribution in [0.3, 0.4) is 0 Å². The standard InChI is InChI=1S/C22H27N3O3/c1-14-15(2)25-11-10-17-19(22(25)23-14)24-18(16-8-5-4-6-9-16)21(20(17)26)28-13-7-12-27-3/h4-6,8-11,18,20-21,24,26H,7,12-13H2,1-3H3/t18-,20-,21-/m1/s1. The van der Waals surface area contributed by atoms with Crippen LogP contribution in [0.4, 0.5) is 5.69 Å². The van der Waals surface area contributed by atoms with Gasteiger partial charge in [0.1, 0.15) is 12.2 Å². The second kappa shape index (κ2) is 7.91. The van der Waals surface area contributed by atoms with E-state index >= 15 is 0 Å². The van der Waals surface area contributed by atoms with E-state index in [2.05, 4.69) is 28.8 Å². The molecule has 0 spiro atoms. The highest BCUT2D eigenvalue weighted by Gasteiger charge is 2.38. The Bertz CT molecular complexity index is 955. The van der Waals surface area contributed by atoms with E-state index in [1.807, 2.05) is 37.4 Å². The van der Waals surface area contributed by atoms with Gasteiger partial charge >= 0.3 is 0 Å². The zero-order valence-electron chi connectivity index (χ0n) is 16.6. The van der Waals surface area contributed by atoms with Crippen LogP contribution in [0, 0.1) is 13.8 Å². The first-order chi connectivity index (χ1) is 13.6.